The number of nitrogens with zero attached hydrogens (tertiary/aromatic N) is 1. The van der Waals surface area contributed by atoms with E-state index in [0.29, 0.717) is 33.7 Å². The minimum Gasteiger partial charge on any atom is -0.481 e. The van der Waals surface area contributed by atoms with Crippen LogP contribution < -0.4 is 0 Å². The van der Waals surface area contributed by atoms with Crippen molar-refractivity contribution in [3.63, 3.8) is 0 Å². The van der Waals surface area contributed by atoms with Crippen molar-refractivity contribution in [2.45, 2.75) is 69.7 Å². The molecule has 0 radical (unpaired) electrons. The van der Waals surface area contributed by atoms with E-state index >= 15 is 0 Å². The van der Waals surface area contributed by atoms with Crippen LogP contribution in [0.15, 0.2) is 45.7 Å². The molecule has 5 rings (SSSR count). The first-order valence-corrected chi connectivity index (χ1v) is 13.4. The second-order valence-corrected chi connectivity index (χ2v) is 11.2. The molecule has 7 heteroatoms. The molecule has 1 aromatic heterocycles. The van der Waals surface area contributed by atoms with Crippen LogP contribution in [-0.4, -0.2) is 32.2 Å². The van der Waals surface area contributed by atoms with Crippen molar-refractivity contribution in [2.75, 3.05) is 0 Å². The molecule has 2 aromatic rings. The number of carbonyl (C=O) groups excluding carboxylic acids is 1. The second kappa shape index (κ2) is 10.1. The number of benzene rings is 1. The monoisotopic (exact) mass is 495 g/mol. The molecular weight excluding hydrogens is 466 g/mol. The van der Waals surface area contributed by atoms with Gasteiger partial charge in [-0.3, -0.25) is 14.5 Å². The number of furan rings is 1. The summed E-state index contributed by atoms with van der Waals surface area (Å²) in [5.74, 6) is 0.699. The molecule has 2 unspecified atom stereocenters. The van der Waals surface area contributed by atoms with Gasteiger partial charge in [0.2, 0.25) is 0 Å². The predicted molar refractivity (Wildman–Crippen MR) is 138 cm³/mol. The summed E-state index contributed by atoms with van der Waals surface area (Å²) >= 11 is 6.76. The maximum absolute atomic E-state index is 13.1. The van der Waals surface area contributed by atoms with Crippen molar-refractivity contribution in [1.29, 1.82) is 0 Å². The fourth-order valence-electron chi connectivity index (χ4n) is 5.49. The lowest BCUT2D eigenvalue weighted by Gasteiger charge is -2.32. The van der Waals surface area contributed by atoms with Gasteiger partial charge in [0, 0.05) is 17.7 Å². The normalized spacial score (nSPS) is 25.3. The molecule has 34 heavy (non-hydrogen) atoms. The Balaban J connectivity index is 1.28. The smallest absolute Gasteiger partial charge is 0.306 e. The largest absolute Gasteiger partial charge is 0.481 e. The number of aliphatic carboxylic acids is 1. The molecule has 3 aliphatic rings. The van der Waals surface area contributed by atoms with Crippen molar-refractivity contribution >= 4 is 46.3 Å². The molecule has 0 bridgehead atoms. The summed E-state index contributed by atoms with van der Waals surface area (Å²) in [6, 6.07) is 12.3. The van der Waals surface area contributed by atoms with Gasteiger partial charge in [-0.2, -0.15) is 0 Å². The van der Waals surface area contributed by atoms with E-state index in [2.05, 4.69) is 24.3 Å². The Hall–Kier alpha value is -2.38. The summed E-state index contributed by atoms with van der Waals surface area (Å²) in [7, 11) is 0. The lowest BCUT2D eigenvalue weighted by Crippen LogP contribution is -2.42. The van der Waals surface area contributed by atoms with E-state index in [0.717, 1.165) is 24.2 Å². The van der Waals surface area contributed by atoms with Gasteiger partial charge in [-0.15, -0.1) is 0 Å². The van der Waals surface area contributed by atoms with Crippen molar-refractivity contribution in [2.24, 2.45) is 5.92 Å². The number of rotatable bonds is 5. The standard InChI is InChI=1S/C27H29NO4S2/c29-25-24(34-27(33)28(25)21-8-4-7-20(15-21)26(30)31)16-22-13-14-23(32-22)19-11-9-18(10-12-19)17-5-2-1-3-6-17/h9-14,16-17,20-21H,1-8,15H2,(H,30,31)/b24-16+. The first kappa shape index (κ1) is 23.4. The van der Waals surface area contributed by atoms with Crippen LogP contribution >= 0.6 is 24.0 Å². The zero-order chi connectivity index (χ0) is 23.7. The molecule has 2 atom stereocenters. The fraction of sp³-hybridized carbons (Fsp3) is 0.444. The number of carboxylic acids is 1. The molecule has 1 aliphatic heterocycles. The van der Waals surface area contributed by atoms with Gasteiger partial charge in [-0.25, -0.2) is 0 Å². The fourth-order valence-corrected chi connectivity index (χ4v) is 6.87. The highest BCUT2D eigenvalue weighted by molar-refractivity contribution is 8.26. The van der Waals surface area contributed by atoms with Gasteiger partial charge >= 0.3 is 5.97 Å². The molecule has 2 heterocycles. The van der Waals surface area contributed by atoms with Crippen LogP contribution in [0.3, 0.4) is 0 Å². The van der Waals surface area contributed by atoms with Gasteiger partial charge in [-0.1, -0.05) is 73.9 Å². The number of hydrogen-bond acceptors (Lipinski definition) is 5. The number of amides is 1. The zero-order valence-corrected chi connectivity index (χ0v) is 20.7. The molecule has 3 fully saturated rings. The van der Waals surface area contributed by atoms with E-state index in [1.807, 2.05) is 12.1 Å². The Kier molecular flexibility index (Phi) is 6.93. The molecule has 2 aliphatic carbocycles. The highest BCUT2D eigenvalue weighted by Crippen LogP contribution is 2.39. The average molecular weight is 496 g/mol. The summed E-state index contributed by atoms with van der Waals surface area (Å²) < 4.78 is 6.55. The quantitative estimate of drug-likeness (QED) is 0.362. The SMILES string of the molecule is O=C(O)C1CCCC(N2C(=O)/C(=C\c3ccc(-c4ccc(C5CCCCC5)cc4)o3)SC2=S)C1. The Morgan fingerprint density at radius 1 is 1.03 bits per heavy atom. The number of carbonyl (C=O) groups is 2. The van der Waals surface area contributed by atoms with Crippen molar-refractivity contribution in [1.82, 2.24) is 4.90 Å². The van der Waals surface area contributed by atoms with E-state index in [1.54, 1.807) is 11.0 Å². The third kappa shape index (κ3) is 4.86. The average Bonchev–Trinajstić information content (AvgIpc) is 3.44. The van der Waals surface area contributed by atoms with Gasteiger partial charge in [0.25, 0.3) is 5.91 Å². The van der Waals surface area contributed by atoms with Gasteiger partial charge in [-0.05, 0) is 55.7 Å². The van der Waals surface area contributed by atoms with Crippen LogP contribution in [0.4, 0.5) is 0 Å². The Labute approximate surface area is 209 Å². The van der Waals surface area contributed by atoms with Crippen molar-refractivity contribution in [3.05, 3.63) is 52.6 Å². The van der Waals surface area contributed by atoms with Gasteiger partial charge in [0.05, 0.1) is 10.8 Å². The van der Waals surface area contributed by atoms with Crippen LogP contribution in [0.2, 0.25) is 0 Å². The van der Waals surface area contributed by atoms with E-state index in [1.165, 1.54) is 49.4 Å². The summed E-state index contributed by atoms with van der Waals surface area (Å²) in [6.45, 7) is 0. The first-order chi connectivity index (χ1) is 16.5. The topological polar surface area (TPSA) is 70.8 Å². The summed E-state index contributed by atoms with van der Waals surface area (Å²) in [5, 5.41) is 9.39. The number of thioether (sulfide) groups is 1. The van der Waals surface area contributed by atoms with Crippen LogP contribution in [-0.2, 0) is 9.59 Å². The predicted octanol–water partition coefficient (Wildman–Crippen LogP) is 6.84. The van der Waals surface area contributed by atoms with Crippen LogP contribution in [0.1, 0.15) is 75.0 Å². The number of hydrogen-bond donors (Lipinski definition) is 1. The van der Waals surface area contributed by atoms with E-state index in [4.69, 9.17) is 16.6 Å². The van der Waals surface area contributed by atoms with Gasteiger partial charge in [0.1, 0.15) is 15.8 Å². The maximum atomic E-state index is 13.1. The summed E-state index contributed by atoms with van der Waals surface area (Å²) in [4.78, 5) is 26.7. The molecule has 2 saturated carbocycles. The van der Waals surface area contributed by atoms with Crippen molar-refractivity contribution < 1.29 is 19.1 Å². The van der Waals surface area contributed by atoms with E-state index in [-0.39, 0.29) is 11.9 Å². The van der Waals surface area contributed by atoms with Gasteiger partial charge < -0.3 is 9.52 Å². The number of thiocarbonyl (C=S) groups is 1. The molecule has 1 N–H and O–H groups in total. The number of carboxylic acid groups (broad SMARTS) is 1. The van der Waals surface area contributed by atoms with Crippen molar-refractivity contribution in [3.8, 4) is 11.3 Å². The molecular formula is C27H29NO4S2. The van der Waals surface area contributed by atoms with Crippen LogP contribution in [0.5, 0.6) is 0 Å². The minimum atomic E-state index is -0.791. The second-order valence-electron chi connectivity index (χ2n) is 9.57. The first-order valence-electron chi connectivity index (χ1n) is 12.2. The minimum absolute atomic E-state index is 0.150. The summed E-state index contributed by atoms with van der Waals surface area (Å²) in [6.07, 6.45) is 11.0. The van der Waals surface area contributed by atoms with Crippen LogP contribution in [0.25, 0.3) is 17.4 Å². The Morgan fingerprint density at radius 2 is 1.79 bits per heavy atom. The lowest BCUT2D eigenvalue weighted by atomic mass is 9.84. The van der Waals surface area contributed by atoms with E-state index in [9.17, 15) is 14.7 Å². The zero-order valence-electron chi connectivity index (χ0n) is 19.1. The Morgan fingerprint density at radius 3 is 2.53 bits per heavy atom. The van der Waals surface area contributed by atoms with E-state index < -0.39 is 11.9 Å². The van der Waals surface area contributed by atoms with Gasteiger partial charge in [0.15, 0.2) is 0 Å². The highest BCUT2D eigenvalue weighted by Gasteiger charge is 2.40. The Bertz CT molecular complexity index is 1110. The third-order valence-corrected chi connectivity index (χ3v) is 8.69. The van der Waals surface area contributed by atoms with Crippen LogP contribution in [0, 0.1) is 5.92 Å². The molecule has 1 aromatic carbocycles. The molecule has 1 amide bonds. The molecule has 5 nitrogen and oxygen atoms in total. The lowest BCUT2D eigenvalue weighted by molar-refractivity contribution is -0.144. The third-order valence-electron chi connectivity index (χ3n) is 7.36. The maximum Gasteiger partial charge on any atom is 0.306 e. The molecule has 1 saturated heterocycles. The highest BCUT2D eigenvalue weighted by atomic mass is 32.2. The molecule has 0 spiro atoms. The molecule has 178 valence electrons. The summed E-state index contributed by atoms with van der Waals surface area (Å²) in [5.41, 5.74) is 2.43.